The van der Waals surface area contributed by atoms with E-state index in [0.717, 1.165) is 11.1 Å². The van der Waals surface area contributed by atoms with Crippen LogP contribution >= 0.6 is 0 Å². The molecule has 0 radical (unpaired) electrons. The van der Waals surface area contributed by atoms with Gasteiger partial charge in [0.25, 0.3) is 0 Å². The monoisotopic (exact) mass is 261 g/mol. The number of rotatable bonds is 2. The van der Waals surface area contributed by atoms with Gasteiger partial charge in [0.1, 0.15) is 17.5 Å². The maximum Gasteiger partial charge on any atom is 0.167 e. The minimum absolute atomic E-state index is 0.317. The zero-order chi connectivity index (χ0) is 13.9. The van der Waals surface area contributed by atoms with Gasteiger partial charge in [0.05, 0.1) is 18.1 Å². The first-order chi connectivity index (χ1) is 9.81. The number of aromatic nitrogens is 2. The van der Waals surface area contributed by atoms with Crippen LogP contribution in [-0.4, -0.2) is 17.1 Å². The van der Waals surface area contributed by atoms with Crippen LogP contribution in [0.4, 0.5) is 0 Å². The maximum absolute atomic E-state index is 9.28. The summed E-state index contributed by atoms with van der Waals surface area (Å²) in [5.41, 5.74) is 3.20. The molecule has 96 valence electrons. The van der Waals surface area contributed by atoms with Crippen molar-refractivity contribution in [3.63, 3.8) is 0 Å². The maximum atomic E-state index is 9.28. The van der Waals surface area contributed by atoms with E-state index >= 15 is 0 Å². The van der Waals surface area contributed by atoms with Crippen molar-refractivity contribution < 1.29 is 4.74 Å². The molecule has 0 atom stereocenters. The average molecular weight is 261 g/mol. The lowest BCUT2D eigenvalue weighted by Crippen LogP contribution is -1.95. The van der Waals surface area contributed by atoms with Crippen molar-refractivity contribution in [2.45, 2.75) is 0 Å². The lowest BCUT2D eigenvalue weighted by molar-refractivity contribution is 0.415. The highest BCUT2D eigenvalue weighted by molar-refractivity contribution is 5.80. The molecule has 3 rings (SSSR count). The van der Waals surface area contributed by atoms with E-state index in [2.05, 4.69) is 16.0 Å². The zero-order valence-corrected chi connectivity index (χ0v) is 10.9. The van der Waals surface area contributed by atoms with E-state index in [4.69, 9.17) is 4.74 Å². The Balaban J connectivity index is 2.26. The summed E-state index contributed by atoms with van der Waals surface area (Å²) in [5, 5.41) is 9.28. The van der Waals surface area contributed by atoms with Crippen molar-refractivity contribution in [3.8, 4) is 23.1 Å². The number of nitriles is 1. The normalized spacial score (nSPS) is 10.2. The highest BCUT2D eigenvalue weighted by Crippen LogP contribution is 2.24. The van der Waals surface area contributed by atoms with Gasteiger partial charge in [-0.25, -0.2) is 9.97 Å². The molecule has 4 nitrogen and oxygen atoms in total. The van der Waals surface area contributed by atoms with E-state index in [-0.39, 0.29) is 0 Å². The van der Waals surface area contributed by atoms with Gasteiger partial charge in [0.15, 0.2) is 5.69 Å². The second kappa shape index (κ2) is 4.98. The summed E-state index contributed by atoms with van der Waals surface area (Å²) in [6.45, 7) is 0. The highest BCUT2D eigenvalue weighted by Gasteiger charge is 2.10. The minimum atomic E-state index is 0.317. The predicted octanol–water partition coefficient (Wildman–Crippen LogP) is 3.18. The minimum Gasteiger partial charge on any atom is -0.497 e. The molecule has 20 heavy (non-hydrogen) atoms. The van der Waals surface area contributed by atoms with Gasteiger partial charge in [-0.2, -0.15) is 5.26 Å². The van der Waals surface area contributed by atoms with Crippen molar-refractivity contribution in [3.05, 3.63) is 54.2 Å². The molecule has 3 aromatic rings. The first-order valence-electron chi connectivity index (χ1n) is 6.13. The number of hydrogen-bond donors (Lipinski definition) is 0. The molecule has 4 heteroatoms. The van der Waals surface area contributed by atoms with E-state index in [9.17, 15) is 5.26 Å². The van der Waals surface area contributed by atoms with Crippen LogP contribution in [-0.2, 0) is 0 Å². The molecule has 0 saturated heterocycles. The van der Waals surface area contributed by atoms with Crippen molar-refractivity contribution >= 4 is 11.0 Å². The molecule has 0 amide bonds. The Morgan fingerprint density at radius 1 is 1.00 bits per heavy atom. The lowest BCUT2D eigenvalue weighted by Gasteiger charge is -2.06. The average Bonchev–Trinajstić information content (AvgIpc) is 2.53. The van der Waals surface area contributed by atoms with Crippen LogP contribution in [0, 0.1) is 11.3 Å². The summed E-state index contributed by atoms with van der Waals surface area (Å²) in [5.74, 6) is 0.697. The molecule has 0 aliphatic rings. The van der Waals surface area contributed by atoms with Crippen LogP contribution in [0.25, 0.3) is 22.3 Å². The van der Waals surface area contributed by atoms with E-state index in [1.54, 1.807) is 13.2 Å². The summed E-state index contributed by atoms with van der Waals surface area (Å²) in [4.78, 5) is 8.93. The Morgan fingerprint density at radius 3 is 2.50 bits per heavy atom. The van der Waals surface area contributed by atoms with Gasteiger partial charge in [-0.3, -0.25) is 0 Å². The fraction of sp³-hybridized carbons (Fsp3) is 0.0625. The summed E-state index contributed by atoms with van der Waals surface area (Å²) < 4.78 is 5.16. The van der Waals surface area contributed by atoms with Gasteiger partial charge in [-0.1, -0.05) is 30.3 Å². The highest BCUT2D eigenvalue weighted by atomic mass is 16.5. The van der Waals surface area contributed by atoms with E-state index < -0.39 is 0 Å². The largest absolute Gasteiger partial charge is 0.497 e. The van der Waals surface area contributed by atoms with Gasteiger partial charge in [0.2, 0.25) is 0 Å². The molecule has 1 heterocycles. The van der Waals surface area contributed by atoms with Crippen LogP contribution < -0.4 is 4.74 Å². The van der Waals surface area contributed by atoms with E-state index in [1.165, 1.54) is 0 Å². The molecular weight excluding hydrogens is 250 g/mol. The summed E-state index contributed by atoms with van der Waals surface area (Å²) in [6, 6.07) is 17.1. The Labute approximate surface area is 116 Å². The summed E-state index contributed by atoms with van der Waals surface area (Å²) >= 11 is 0. The second-order valence-corrected chi connectivity index (χ2v) is 4.25. The fourth-order valence-electron chi connectivity index (χ4n) is 2.04. The van der Waals surface area contributed by atoms with E-state index in [0.29, 0.717) is 22.7 Å². The third kappa shape index (κ3) is 2.06. The molecule has 2 aromatic carbocycles. The zero-order valence-electron chi connectivity index (χ0n) is 10.9. The first kappa shape index (κ1) is 12.1. The lowest BCUT2D eigenvalue weighted by atomic mass is 10.1. The molecule has 0 spiro atoms. The molecular formula is C16H11N3O. The van der Waals surface area contributed by atoms with Crippen LogP contribution in [0.2, 0.25) is 0 Å². The Bertz CT molecular complexity index is 807. The molecule has 0 fully saturated rings. The number of hydrogen-bond acceptors (Lipinski definition) is 4. The number of benzene rings is 2. The van der Waals surface area contributed by atoms with Crippen molar-refractivity contribution in [1.82, 2.24) is 9.97 Å². The third-order valence-electron chi connectivity index (χ3n) is 3.02. The Morgan fingerprint density at radius 2 is 1.80 bits per heavy atom. The Hall–Kier alpha value is -2.93. The quantitative estimate of drug-likeness (QED) is 0.711. The standard InChI is InChI=1S/C16H11N3O/c1-20-12-7-8-13-14(9-12)18-15(10-17)16(19-13)11-5-3-2-4-6-11/h2-9H,1H3. The van der Waals surface area contributed by atoms with Gasteiger partial charge in [0, 0.05) is 11.6 Å². The van der Waals surface area contributed by atoms with Crippen molar-refractivity contribution in [1.29, 1.82) is 5.26 Å². The molecule has 0 saturated carbocycles. The SMILES string of the molecule is COc1ccc2nc(-c3ccccc3)c(C#N)nc2c1. The molecule has 0 N–H and O–H groups in total. The second-order valence-electron chi connectivity index (χ2n) is 4.25. The van der Waals surface area contributed by atoms with Gasteiger partial charge < -0.3 is 4.74 Å². The number of methoxy groups -OCH3 is 1. The predicted molar refractivity (Wildman–Crippen MR) is 76.2 cm³/mol. The van der Waals surface area contributed by atoms with Crippen LogP contribution in [0.15, 0.2) is 48.5 Å². The van der Waals surface area contributed by atoms with Crippen LogP contribution in [0.1, 0.15) is 5.69 Å². The van der Waals surface area contributed by atoms with Crippen LogP contribution in [0.3, 0.4) is 0 Å². The number of ether oxygens (including phenoxy) is 1. The van der Waals surface area contributed by atoms with Gasteiger partial charge in [-0.15, -0.1) is 0 Å². The molecule has 1 aromatic heterocycles. The Kier molecular flexibility index (Phi) is 3.02. The third-order valence-corrected chi connectivity index (χ3v) is 3.02. The molecule has 0 aliphatic heterocycles. The van der Waals surface area contributed by atoms with Crippen molar-refractivity contribution in [2.75, 3.05) is 7.11 Å². The summed E-state index contributed by atoms with van der Waals surface area (Å²) in [7, 11) is 1.60. The van der Waals surface area contributed by atoms with Crippen LogP contribution in [0.5, 0.6) is 5.75 Å². The topological polar surface area (TPSA) is 58.8 Å². The first-order valence-corrected chi connectivity index (χ1v) is 6.13. The van der Waals surface area contributed by atoms with E-state index in [1.807, 2.05) is 42.5 Å². The van der Waals surface area contributed by atoms with Crippen molar-refractivity contribution in [2.24, 2.45) is 0 Å². The fourth-order valence-corrected chi connectivity index (χ4v) is 2.04. The summed E-state index contributed by atoms with van der Waals surface area (Å²) in [6.07, 6.45) is 0. The number of fused-ring (bicyclic) bond motifs is 1. The van der Waals surface area contributed by atoms with Gasteiger partial charge >= 0.3 is 0 Å². The molecule has 0 unspecified atom stereocenters. The number of nitrogens with zero attached hydrogens (tertiary/aromatic N) is 3. The molecule has 0 aliphatic carbocycles. The van der Waals surface area contributed by atoms with Gasteiger partial charge in [-0.05, 0) is 12.1 Å². The smallest absolute Gasteiger partial charge is 0.167 e. The molecule has 0 bridgehead atoms.